The van der Waals surface area contributed by atoms with Crippen molar-refractivity contribution in [2.75, 3.05) is 13.1 Å². The number of hydrogen-bond donors (Lipinski definition) is 1. The van der Waals surface area contributed by atoms with E-state index in [1.807, 2.05) is 13.8 Å². The van der Waals surface area contributed by atoms with E-state index in [2.05, 4.69) is 5.32 Å². The fourth-order valence-corrected chi connectivity index (χ4v) is 0.693. The molecule has 0 saturated carbocycles. The molecule has 0 radical (unpaired) electrons. The summed E-state index contributed by atoms with van der Waals surface area (Å²) >= 11 is 11.1. The molecule has 1 nitrogen and oxygen atoms in total. The van der Waals surface area contributed by atoms with E-state index in [9.17, 15) is 0 Å². The van der Waals surface area contributed by atoms with Crippen LogP contribution >= 0.6 is 23.2 Å². The second kappa shape index (κ2) is 6.02. The van der Waals surface area contributed by atoms with Crippen molar-refractivity contribution in [1.82, 2.24) is 5.32 Å². The van der Waals surface area contributed by atoms with Crippen LogP contribution in [0.2, 0.25) is 0 Å². The van der Waals surface area contributed by atoms with Gasteiger partial charge in [-0.1, -0.05) is 11.6 Å². The summed E-state index contributed by atoms with van der Waals surface area (Å²) in [5.41, 5.74) is 2.70. The maximum atomic E-state index is 5.69. The van der Waals surface area contributed by atoms with Gasteiger partial charge in [-0.05, 0) is 19.4 Å². The lowest BCUT2D eigenvalue weighted by molar-refractivity contribution is 0.719. The van der Waals surface area contributed by atoms with Crippen molar-refractivity contribution in [2.45, 2.75) is 19.2 Å². The van der Waals surface area contributed by atoms with Gasteiger partial charge in [0.15, 0.2) is 0 Å². The smallest absolute Gasteiger partial charge is 0.0432 e. The molecule has 0 aliphatic rings. The third-order valence-electron chi connectivity index (χ3n) is 1.02. The zero-order valence-corrected chi connectivity index (χ0v) is 7.84. The summed E-state index contributed by atoms with van der Waals surface area (Å²) in [4.78, 5) is 0. The van der Waals surface area contributed by atoms with Crippen LogP contribution in [-0.4, -0.2) is 18.5 Å². The van der Waals surface area contributed by atoms with E-state index < -0.39 is 0 Å². The molecule has 0 aliphatic heterocycles. The average molecular weight is 182 g/mol. The number of rotatable bonds is 4. The van der Waals surface area contributed by atoms with E-state index >= 15 is 0 Å². The lowest BCUT2D eigenvalue weighted by atomic mass is 10.3. The molecule has 0 aliphatic carbocycles. The van der Waals surface area contributed by atoms with Crippen molar-refractivity contribution in [1.29, 1.82) is 0 Å². The Morgan fingerprint density at radius 1 is 1.70 bits per heavy atom. The maximum absolute atomic E-state index is 5.69. The summed E-state index contributed by atoms with van der Waals surface area (Å²) < 4.78 is 0. The lowest BCUT2D eigenvalue weighted by Gasteiger charge is -2.04. The normalized spacial score (nSPS) is 15.4. The molecule has 0 aromatic heterocycles. The fraction of sp³-hybridized carbons (Fsp3) is 0.714. The van der Waals surface area contributed by atoms with Crippen molar-refractivity contribution in [3.63, 3.8) is 0 Å². The Bertz CT molecular complexity index is 110. The summed E-state index contributed by atoms with van der Waals surface area (Å²) in [7, 11) is 0. The van der Waals surface area contributed by atoms with Crippen LogP contribution in [0.5, 0.6) is 0 Å². The van der Waals surface area contributed by atoms with Gasteiger partial charge in [0.05, 0.1) is 0 Å². The second-order valence-corrected chi connectivity index (χ2v) is 3.33. The Hall–Kier alpha value is 0.280. The zero-order chi connectivity index (χ0) is 7.98. The first kappa shape index (κ1) is 10.3. The van der Waals surface area contributed by atoms with Gasteiger partial charge in [0, 0.05) is 24.0 Å². The molecule has 3 heteroatoms. The van der Waals surface area contributed by atoms with Crippen LogP contribution in [0.15, 0.2) is 11.1 Å². The molecule has 0 heterocycles. The van der Waals surface area contributed by atoms with Gasteiger partial charge >= 0.3 is 0 Å². The van der Waals surface area contributed by atoms with Gasteiger partial charge in [-0.15, -0.1) is 11.6 Å². The van der Waals surface area contributed by atoms with Crippen LogP contribution in [0.25, 0.3) is 0 Å². The predicted molar refractivity (Wildman–Crippen MR) is 47.8 cm³/mol. The Morgan fingerprint density at radius 3 is 2.70 bits per heavy atom. The molecule has 0 bridgehead atoms. The molecule has 0 amide bonds. The van der Waals surface area contributed by atoms with Crippen LogP contribution < -0.4 is 5.32 Å². The van der Waals surface area contributed by atoms with Crippen molar-refractivity contribution in [2.24, 2.45) is 0 Å². The van der Waals surface area contributed by atoms with Crippen molar-refractivity contribution in [3.05, 3.63) is 11.1 Å². The van der Waals surface area contributed by atoms with E-state index in [-0.39, 0.29) is 5.38 Å². The zero-order valence-electron chi connectivity index (χ0n) is 6.32. The number of hydrogen-bond acceptors (Lipinski definition) is 1. The molecule has 1 atom stereocenters. The van der Waals surface area contributed by atoms with Gasteiger partial charge in [-0.25, -0.2) is 0 Å². The Balaban J connectivity index is 3.20. The molecular formula is C7H13Cl2N. The SMILES string of the molecule is C/C(=C\Cl)CNCC(C)Cl. The van der Waals surface area contributed by atoms with Crippen LogP contribution in [-0.2, 0) is 0 Å². The Morgan fingerprint density at radius 2 is 2.30 bits per heavy atom. The molecule has 0 aromatic carbocycles. The lowest BCUT2D eigenvalue weighted by Crippen LogP contribution is -2.22. The van der Waals surface area contributed by atoms with Gasteiger partial charge in [0.25, 0.3) is 0 Å². The monoisotopic (exact) mass is 181 g/mol. The summed E-state index contributed by atoms with van der Waals surface area (Å²) in [6.07, 6.45) is 0. The molecule has 10 heavy (non-hydrogen) atoms. The highest BCUT2D eigenvalue weighted by Crippen LogP contribution is 1.94. The minimum absolute atomic E-state index is 0.183. The predicted octanol–water partition coefficient (Wildman–Crippen LogP) is 2.35. The summed E-state index contributed by atoms with van der Waals surface area (Å²) in [5.74, 6) is 0. The molecule has 1 unspecified atom stereocenters. The fourth-order valence-electron chi connectivity index (χ4n) is 0.507. The third-order valence-corrected chi connectivity index (χ3v) is 1.54. The summed E-state index contributed by atoms with van der Waals surface area (Å²) in [6.45, 7) is 5.57. The van der Waals surface area contributed by atoms with Gasteiger partial charge < -0.3 is 5.32 Å². The second-order valence-electron chi connectivity index (χ2n) is 2.37. The summed E-state index contributed by atoms with van der Waals surface area (Å²) in [6, 6.07) is 0. The maximum Gasteiger partial charge on any atom is 0.0432 e. The molecule has 0 rings (SSSR count). The minimum Gasteiger partial charge on any atom is -0.312 e. The van der Waals surface area contributed by atoms with Gasteiger partial charge in [0.2, 0.25) is 0 Å². The highest BCUT2D eigenvalue weighted by Gasteiger charge is 1.93. The third kappa shape index (κ3) is 6.40. The molecule has 0 spiro atoms. The van der Waals surface area contributed by atoms with E-state index in [4.69, 9.17) is 23.2 Å². The van der Waals surface area contributed by atoms with Crippen molar-refractivity contribution in [3.8, 4) is 0 Å². The minimum atomic E-state index is 0.183. The molecule has 0 fully saturated rings. The topological polar surface area (TPSA) is 12.0 Å². The van der Waals surface area contributed by atoms with E-state index in [1.54, 1.807) is 5.54 Å². The molecule has 0 aromatic rings. The molecule has 0 saturated heterocycles. The highest BCUT2D eigenvalue weighted by molar-refractivity contribution is 6.25. The standard InChI is InChI=1S/C7H13Cl2N/c1-6(3-8)4-10-5-7(2)9/h3,7,10H,4-5H2,1-2H3/b6-3+. The van der Waals surface area contributed by atoms with E-state index in [0.29, 0.717) is 0 Å². The van der Waals surface area contributed by atoms with Gasteiger partial charge in [-0.3, -0.25) is 0 Å². The number of halogens is 2. The first-order valence-corrected chi connectivity index (χ1v) is 4.14. The molecule has 60 valence electrons. The van der Waals surface area contributed by atoms with E-state index in [1.165, 1.54) is 0 Å². The van der Waals surface area contributed by atoms with Crippen LogP contribution in [0.1, 0.15) is 13.8 Å². The van der Waals surface area contributed by atoms with Crippen molar-refractivity contribution >= 4 is 23.2 Å². The first-order valence-electron chi connectivity index (χ1n) is 3.27. The summed E-state index contributed by atoms with van der Waals surface area (Å²) in [5, 5.41) is 3.33. The number of nitrogens with one attached hydrogen (secondary N) is 1. The van der Waals surface area contributed by atoms with Crippen LogP contribution in [0.3, 0.4) is 0 Å². The Kier molecular flexibility index (Phi) is 6.19. The highest BCUT2D eigenvalue weighted by atomic mass is 35.5. The average Bonchev–Trinajstić information content (AvgIpc) is 1.87. The van der Waals surface area contributed by atoms with Crippen LogP contribution in [0.4, 0.5) is 0 Å². The quantitative estimate of drug-likeness (QED) is 0.658. The molecule has 1 N–H and O–H groups in total. The first-order chi connectivity index (χ1) is 4.66. The van der Waals surface area contributed by atoms with E-state index in [0.717, 1.165) is 18.7 Å². The van der Waals surface area contributed by atoms with Gasteiger partial charge in [-0.2, -0.15) is 0 Å². The molecular weight excluding hydrogens is 169 g/mol. The van der Waals surface area contributed by atoms with Crippen LogP contribution in [0, 0.1) is 0 Å². The number of alkyl halides is 1. The van der Waals surface area contributed by atoms with Crippen molar-refractivity contribution < 1.29 is 0 Å². The Labute approximate surface area is 72.4 Å². The largest absolute Gasteiger partial charge is 0.312 e. The van der Waals surface area contributed by atoms with Gasteiger partial charge in [0.1, 0.15) is 0 Å².